The molecule has 0 spiro atoms. The van der Waals surface area contributed by atoms with Gasteiger partial charge in [-0.25, -0.2) is 0 Å². The van der Waals surface area contributed by atoms with E-state index in [0.29, 0.717) is 6.10 Å². The van der Waals surface area contributed by atoms with Crippen LogP contribution in [0.3, 0.4) is 0 Å². The van der Waals surface area contributed by atoms with Crippen LogP contribution < -0.4 is 0 Å². The van der Waals surface area contributed by atoms with E-state index in [4.69, 9.17) is 16.3 Å². The number of halogens is 1. The first-order chi connectivity index (χ1) is 8.88. The Morgan fingerprint density at radius 2 is 1.50 bits per heavy atom. The molecular formula is C16H29ClO. The Morgan fingerprint density at radius 1 is 0.833 bits per heavy atom. The minimum atomic E-state index is 0.538. The molecule has 0 aromatic carbocycles. The van der Waals surface area contributed by atoms with E-state index in [1.165, 1.54) is 64.2 Å². The highest BCUT2D eigenvalue weighted by atomic mass is 35.5. The molecule has 0 heterocycles. The van der Waals surface area contributed by atoms with E-state index in [-0.39, 0.29) is 0 Å². The number of rotatable bonds is 6. The van der Waals surface area contributed by atoms with Gasteiger partial charge in [0.25, 0.3) is 0 Å². The van der Waals surface area contributed by atoms with Crippen molar-refractivity contribution in [3.8, 4) is 0 Å². The maximum atomic E-state index is 5.88. The SMILES string of the molecule is ClCCCOC1CCC(CC2CCCCC2)CC1. The zero-order valence-electron chi connectivity index (χ0n) is 11.7. The van der Waals surface area contributed by atoms with Gasteiger partial charge in [0.15, 0.2) is 0 Å². The highest BCUT2D eigenvalue weighted by molar-refractivity contribution is 6.17. The molecule has 2 rings (SSSR count). The van der Waals surface area contributed by atoms with Crippen molar-refractivity contribution in [1.29, 1.82) is 0 Å². The predicted molar refractivity (Wildman–Crippen MR) is 78.2 cm³/mol. The predicted octanol–water partition coefficient (Wildman–Crippen LogP) is 5.16. The normalized spacial score (nSPS) is 30.5. The lowest BCUT2D eigenvalue weighted by atomic mass is 9.77. The fourth-order valence-corrected chi connectivity index (χ4v) is 3.84. The molecule has 2 aliphatic carbocycles. The monoisotopic (exact) mass is 272 g/mol. The Kier molecular flexibility index (Phi) is 6.86. The molecule has 0 atom stereocenters. The lowest BCUT2D eigenvalue weighted by molar-refractivity contribution is 0.0155. The molecule has 0 aromatic heterocycles. The Balaban J connectivity index is 1.57. The second-order valence-electron chi connectivity index (χ2n) is 6.30. The van der Waals surface area contributed by atoms with Crippen LogP contribution in [-0.4, -0.2) is 18.6 Å². The van der Waals surface area contributed by atoms with Crippen molar-refractivity contribution in [2.75, 3.05) is 12.5 Å². The Labute approximate surface area is 118 Å². The molecule has 2 fully saturated rings. The van der Waals surface area contributed by atoms with Crippen LogP contribution in [-0.2, 0) is 4.74 Å². The topological polar surface area (TPSA) is 9.23 Å². The van der Waals surface area contributed by atoms with Gasteiger partial charge in [-0.3, -0.25) is 0 Å². The molecule has 0 amide bonds. The summed E-state index contributed by atoms with van der Waals surface area (Å²) in [6.45, 7) is 0.863. The molecule has 0 saturated heterocycles. The van der Waals surface area contributed by atoms with Crippen LogP contribution in [0.25, 0.3) is 0 Å². The van der Waals surface area contributed by atoms with E-state index in [9.17, 15) is 0 Å². The molecular weight excluding hydrogens is 244 g/mol. The van der Waals surface area contributed by atoms with Gasteiger partial charge in [0, 0.05) is 12.5 Å². The molecule has 2 heteroatoms. The second kappa shape index (κ2) is 8.43. The molecule has 1 nitrogen and oxygen atoms in total. The van der Waals surface area contributed by atoms with Crippen LogP contribution in [0.5, 0.6) is 0 Å². The van der Waals surface area contributed by atoms with Crippen LogP contribution >= 0.6 is 11.6 Å². The van der Waals surface area contributed by atoms with Crippen molar-refractivity contribution in [3.05, 3.63) is 0 Å². The van der Waals surface area contributed by atoms with E-state index in [1.54, 1.807) is 0 Å². The number of hydrogen-bond acceptors (Lipinski definition) is 1. The summed E-state index contributed by atoms with van der Waals surface area (Å²) in [5.41, 5.74) is 0. The van der Waals surface area contributed by atoms with Gasteiger partial charge in [-0.2, -0.15) is 0 Å². The summed E-state index contributed by atoms with van der Waals surface area (Å²) in [6.07, 6.45) is 15.9. The number of hydrogen-bond donors (Lipinski definition) is 0. The van der Waals surface area contributed by atoms with E-state index in [2.05, 4.69) is 0 Å². The summed E-state index contributed by atoms with van der Waals surface area (Å²) in [6, 6.07) is 0. The van der Waals surface area contributed by atoms with Crippen molar-refractivity contribution in [2.24, 2.45) is 11.8 Å². The highest BCUT2D eigenvalue weighted by Gasteiger charge is 2.24. The van der Waals surface area contributed by atoms with Crippen molar-refractivity contribution in [1.82, 2.24) is 0 Å². The Morgan fingerprint density at radius 3 is 2.17 bits per heavy atom. The summed E-state index contributed by atoms with van der Waals surface area (Å²) in [4.78, 5) is 0. The molecule has 2 saturated carbocycles. The summed E-state index contributed by atoms with van der Waals surface area (Å²) in [7, 11) is 0. The van der Waals surface area contributed by atoms with Crippen LogP contribution in [0, 0.1) is 11.8 Å². The minimum Gasteiger partial charge on any atom is -0.378 e. The van der Waals surface area contributed by atoms with E-state index < -0.39 is 0 Å². The van der Waals surface area contributed by atoms with Gasteiger partial charge < -0.3 is 4.74 Å². The molecule has 0 bridgehead atoms. The van der Waals surface area contributed by atoms with E-state index in [0.717, 1.165) is 30.7 Å². The minimum absolute atomic E-state index is 0.538. The molecule has 2 aliphatic rings. The lowest BCUT2D eigenvalue weighted by Crippen LogP contribution is -2.24. The van der Waals surface area contributed by atoms with Crippen molar-refractivity contribution in [2.45, 2.75) is 76.7 Å². The third-order valence-electron chi connectivity index (χ3n) is 4.82. The highest BCUT2D eigenvalue weighted by Crippen LogP contribution is 2.35. The standard InChI is InChI=1S/C16H29ClO/c17-11-4-12-18-16-9-7-15(8-10-16)13-14-5-2-1-3-6-14/h14-16H,1-13H2. The summed E-state index contributed by atoms with van der Waals surface area (Å²) >= 11 is 5.67. The number of ether oxygens (including phenoxy) is 1. The molecule has 0 unspecified atom stereocenters. The van der Waals surface area contributed by atoms with Crippen LogP contribution in [0.4, 0.5) is 0 Å². The van der Waals surface area contributed by atoms with Gasteiger partial charge >= 0.3 is 0 Å². The fraction of sp³-hybridized carbons (Fsp3) is 1.00. The first kappa shape index (κ1) is 14.7. The number of alkyl halides is 1. The first-order valence-corrected chi connectivity index (χ1v) is 8.59. The van der Waals surface area contributed by atoms with Gasteiger partial charge in [-0.05, 0) is 50.4 Å². The van der Waals surface area contributed by atoms with Crippen molar-refractivity contribution < 1.29 is 4.74 Å². The van der Waals surface area contributed by atoms with Crippen LogP contribution in [0.15, 0.2) is 0 Å². The average Bonchev–Trinajstić information content (AvgIpc) is 2.42. The molecule has 0 radical (unpaired) electrons. The van der Waals surface area contributed by atoms with Gasteiger partial charge in [-0.15, -0.1) is 11.6 Å². The molecule has 106 valence electrons. The van der Waals surface area contributed by atoms with E-state index >= 15 is 0 Å². The summed E-state index contributed by atoms with van der Waals surface area (Å²) in [5.74, 6) is 2.79. The molecule has 0 aliphatic heterocycles. The smallest absolute Gasteiger partial charge is 0.0575 e. The van der Waals surface area contributed by atoms with Crippen molar-refractivity contribution in [3.63, 3.8) is 0 Å². The average molecular weight is 273 g/mol. The zero-order chi connectivity index (χ0) is 12.6. The quantitative estimate of drug-likeness (QED) is 0.479. The van der Waals surface area contributed by atoms with Gasteiger partial charge in [0.05, 0.1) is 6.10 Å². The Bertz CT molecular complexity index is 205. The largest absolute Gasteiger partial charge is 0.378 e. The van der Waals surface area contributed by atoms with Crippen LogP contribution in [0.2, 0.25) is 0 Å². The zero-order valence-corrected chi connectivity index (χ0v) is 12.5. The molecule has 0 N–H and O–H groups in total. The van der Waals surface area contributed by atoms with Crippen LogP contribution in [0.1, 0.15) is 70.6 Å². The van der Waals surface area contributed by atoms with E-state index in [1.807, 2.05) is 0 Å². The summed E-state index contributed by atoms with van der Waals surface area (Å²) in [5, 5.41) is 0. The summed E-state index contributed by atoms with van der Waals surface area (Å²) < 4.78 is 5.88. The molecule has 0 aromatic rings. The van der Waals surface area contributed by atoms with Gasteiger partial charge in [0.2, 0.25) is 0 Å². The first-order valence-electron chi connectivity index (χ1n) is 8.06. The third-order valence-corrected chi connectivity index (χ3v) is 5.08. The second-order valence-corrected chi connectivity index (χ2v) is 6.67. The maximum Gasteiger partial charge on any atom is 0.0575 e. The van der Waals surface area contributed by atoms with Crippen molar-refractivity contribution >= 4 is 11.6 Å². The van der Waals surface area contributed by atoms with Gasteiger partial charge in [-0.1, -0.05) is 32.1 Å². The third kappa shape index (κ3) is 5.09. The van der Waals surface area contributed by atoms with Gasteiger partial charge in [0.1, 0.15) is 0 Å². The fourth-order valence-electron chi connectivity index (χ4n) is 3.73. The lowest BCUT2D eigenvalue weighted by Gasteiger charge is -2.32. The maximum absolute atomic E-state index is 5.88. The Hall–Kier alpha value is 0.250. The molecule has 18 heavy (non-hydrogen) atoms.